The summed E-state index contributed by atoms with van der Waals surface area (Å²) in [5, 5.41) is 15.8. The minimum Gasteiger partial charge on any atom is -0.403 e. The van der Waals surface area contributed by atoms with E-state index in [1.165, 1.54) is 57.8 Å². The number of fused-ring (bicyclic) bond motifs is 8. The zero-order valence-corrected chi connectivity index (χ0v) is 78.5. The van der Waals surface area contributed by atoms with E-state index in [-0.39, 0.29) is 16.3 Å². The van der Waals surface area contributed by atoms with E-state index < -0.39 is 40.0 Å². The molecule has 5 saturated heterocycles. The second-order valence-electron chi connectivity index (χ2n) is 33.2. The maximum Gasteiger partial charge on any atom is 0.434 e. The van der Waals surface area contributed by atoms with Gasteiger partial charge >= 0.3 is 34.3 Å². The Hall–Kier alpha value is -13.0. The van der Waals surface area contributed by atoms with E-state index in [2.05, 4.69) is 127 Å². The third-order valence-corrected chi connectivity index (χ3v) is 29.1. The normalized spacial score (nSPS) is 15.5. The molecule has 0 radical (unpaired) electrons. The summed E-state index contributed by atoms with van der Waals surface area (Å²) < 4.78 is 68.8. The topological polar surface area (TPSA) is 330 Å². The number of alkyl halides is 3. The Bertz CT molecular complexity index is 7570. The Labute approximate surface area is 789 Å². The van der Waals surface area contributed by atoms with E-state index >= 15 is 0 Å². The van der Waals surface area contributed by atoms with Crippen LogP contribution in [0.3, 0.4) is 0 Å². The molecule has 0 bridgehead atoms. The van der Waals surface area contributed by atoms with Gasteiger partial charge in [-0.1, -0.05) is 50.2 Å². The molecule has 30 nitrogen and oxygen atoms in total. The van der Waals surface area contributed by atoms with Gasteiger partial charge in [0.25, 0.3) is 0 Å². The van der Waals surface area contributed by atoms with Crippen LogP contribution in [0.2, 0.25) is 0 Å². The lowest BCUT2D eigenvalue weighted by atomic mass is 10.2. The number of para-hydroxylation sites is 3. The fourth-order valence-electron chi connectivity index (χ4n) is 16.6. The first-order valence-corrected chi connectivity index (χ1v) is 49.0. The number of nitrogens with one attached hydrogen (secondary N) is 2. The number of halogens is 3. The van der Waals surface area contributed by atoms with Crippen molar-refractivity contribution in [3.63, 3.8) is 0 Å². The van der Waals surface area contributed by atoms with Crippen LogP contribution in [0.25, 0.3) is 139 Å². The van der Waals surface area contributed by atoms with Gasteiger partial charge < -0.3 is 62.1 Å². The molecule has 2 N–H and O–H groups in total. The highest BCUT2D eigenvalue weighted by Crippen LogP contribution is 2.38. The van der Waals surface area contributed by atoms with Crippen LogP contribution in [0.15, 0.2) is 221 Å². The molecule has 0 unspecified atom stereocenters. The van der Waals surface area contributed by atoms with Crippen molar-refractivity contribution < 1.29 is 35.3 Å². The molecule has 18 aromatic rings. The van der Waals surface area contributed by atoms with E-state index in [1.807, 2.05) is 158 Å². The van der Waals surface area contributed by atoms with Crippen molar-refractivity contribution in [2.45, 2.75) is 53.3 Å². The molecule has 5 aliphatic rings. The molecule has 0 saturated carbocycles. The van der Waals surface area contributed by atoms with Gasteiger partial charge in [0.1, 0.15) is 54.1 Å². The van der Waals surface area contributed by atoms with Crippen molar-refractivity contribution in [3.05, 3.63) is 238 Å². The largest absolute Gasteiger partial charge is 0.434 e. The highest BCUT2D eigenvalue weighted by Gasteiger charge is 2.35. The zero-order chi connectivity index (χ0) is 93.0. The van der Waals surface area contributed by atoms with E-state index in [0.717, 1.165) is 242 Å². The molecule has 5 aliphatic heterocycles. The minimum atomic E-state index is -4.55. The highest BCUT2D eigenvalue weighted by atomic mass is 32.1. The van der Waals surface area contributed by atoms with Gasteiger partial charge in [0.2, 0.25) is 28.6 Å². The predicted molar refractivity (Wildman–Crippen MR) is 532 cm³/mol. The first kappa shape index (κ1) is 91.1. The van der Waals surface area contributed by atoms with Crippen LogP contribution >= 0.6 is 56.7 Å². The smallest absolute Gasteiger partial charge is 0.403 e. The summed E-state index contributed by atoms with van der Waals surface area (Å²) in [5.41, 5.74) is 3.83. The fraction of sp³-hybridized carbons (Fsp3) is 0.309. The quantitative estimate of drug-likeness (QED) is 0.102. The second-order valence-corrected chi connectivity index (χ2v) is 38.0. The summed E-state index contributed by atoms with van der Waals surface area (Å²) in [6, 6.07) is 52.4. The van der Waals surface area contributed by atoms with Gasteiger partial charge in [0.05, 0.1) is 58.5 Å². The molecule has 15 aromatic heterocycles. The average Bonchev–Trinajstić information content (AvgIpc) is 1.54. The van der Waals surface area contributed by atoms with E-state index in [9.17, 15) is 37.1 Å². The Morgan fingerprint density at radius 1 is 0.356 bits per heavy atom. The van der Waals surface area contributed by atoms with Crippen molar-refractivity contribution in [3.8, 4) is 52.9 Å². The lowest BCUT2D eigenvalue weighted by Crippen LogP contribution is -2.49. The highest BCUT2D eigenvalue weighted by molar-refractivity contribution is 7.22. The fourth-order valence-corrected chi connectivity index (χ4v) is 21.1. The number of aromatic nitrogens is 10. The Morgan fingerprint density at radius 3 is 0.956 bits per heavy atom. The molecule has 0 amide bonds. The first-order chi connectivity index (χ1) is 65.6. The number of hydrogen-bond donors (Lipinski definition) is 2. The van der Waals surface area contributed by atoms with Crippen molar-refractivity contribution in [2.24, 2.45) is 0 Å². The molecule has 135 heavy (non-hydrogen) atoms. The first-order valence-electron chi connectivity index (χ1n) is 44.8. The lowest BCUT2D eigenvalue weighted by molar-refractivity contribution is -0.140. The Morgan fingerprint density at radius 2 is 0.659 bits per heavy atom. The van der Waals surface area contributed by atoms with Gasteiger partial charge in [-0.2, -0.15) is 38.1 Å². The van der Waals surface area contributed by atoms with E-state index in [1.54, 1.807) is 12.1 Å². The zero-order valence-electron chi connectivity index (χ0n) is 74.4. The molecule has 692 valence electrons. The molecule has 3 aromatic carbocycles. The molecule has 0 atom stereocenters. The van der Waals surface area contributed by atoms with Crippen LogP contribution in [0.4, 0.5) is 42.3 Å². The molecule has 23 rings (SSSR count). The number of piperazine rings is 5. The number of likely N-dealkylation sites (N-methyl/N-ethyl adjacent to an activating group) is 1. The number of aryl methyl sites for hydroxylation is 1. The standard InChI is InChI=1S/2C22H22N4O2S.C21H20N4O2S.C16H13F3N4O2S.C16H16N4O2S/c1-14(2)25-9-11-26(12-10-25)19-8-7-15-13-16(22(27)28-20(15)24-19)21-23-17-5-3-4-6-18(17)29-21;1-2-9-25-10-12-26(13-11-25)19-8-7-15-14-16(22(27)28-20(15)24-19)21-23-17-5-3-4-6-18(17)29-21;1-2-24-9-11-25(12-10-24)18-8-7-14-13-15(21(26)27-19(14)23-18)20-22-16-5-3-4-6-17(16)28-20;17-16(18,19)11-8-26-14(21-11)10-7-9-1-2-12(22-13(9)25-15(10)24)23-5-3-20-4-6-23;1-10-9-23-15(18-10)12-8-11-2-3-13(19-14(11)22-16(12)21)20-6-4-17-5-7-20/h3-8,13-14H,9-12H2,1-2H3;3-8,14H,2,9-13H2,1H3;3-8,13H,2,9-12H2,1H3;1-2,7-8,20H,3-6H2;2-3,8-9,17H,4-7H2,1H3. The molecular formula is C97H93F3N20O10S5. The van der Waals surface area contributed by atoms with Crippen LogP contribution in [-0.4, -0.2) is 215 Å². The number of benzene rings is 3. The number of anilines is 5. The summed E-state index contributed by atoms with van der Waals surface area (Å²) in [5.74, 6) is 4.13. The molecule has 38 heteroatoms. The summed E-state index contributed by atoms with van der Waals surface area (Å²) in [6.45, 7) is 31.6. The molecule has 20 heterocycles. The van der Waals surface area contributed by atoms with Gasteiger partial charge in [0.15, 0.2) is 5.69 Å². The van der Waals surface area contributed by atoms with Crippen molar-refractivity contribution >= 4 is 172 Å². The summed E-state index contributed by atoms with van der Waals surface area (Å²) in [4.78, 5) is 125. The maximum atomic E-state index is 12.7. The van der Waals surface area contributed by atoms with E-state index in [4.69, 9.17) is 22.1 Å². The third kappa shape index (κ3) is 20.7. The summed E-state index contributed by atoms with van der Waals surface area (Å²) in [6.07, 6.45) is -3.37. The van der Waals surface area contributed by atoms with Gasteiger partial charge in [-0.25, -0.2) is 48.9 Å². The van der Waals surface area contributed by atoms with Crippen LogP contribution in [0.5, 0.6) is 0 Å². The van der Waals surface area contributed by atoms with Crippen LogP contribution in [0.1, 0.15) is 45.5 Å². The van der Waals surface area contributed by atoms with Crippen molar-refractivity contribution in [1.29, 1.82) is 0 Å². The number of pyridine rings is 5. The number of nitrogens with zero attached hydrogens (tertiary/aromatic N) is 18. The molecule has 0 aliphatic carbocycles. The SMILES string of the molecule is CC(C)N1CCN(c2ccc3cc(-c4nc5ccccc5s4)c(=O)oc3n2)CC1.CCCN1CCN(c2ccc3cc(-c4nc5ccccc5s4)c(=O)oc3n2)CC1.CCN1CCN(c2ccc3cc(-c4nc5ccccc5s4)c(=O)oc3n2)CC1.Cc1csc(-c2cc3ccc(N4CCNCC4)nc3oc2=O)n1.O=c1oc2nc(N3CCNCC3)ccc2cc1-c1nc(C(F)(F)F)cs1. The minimum absolute atomic E-state index is 0.00489. The van der Waals surface area contributed by atoms with Crippen molar-refractivity contribution in [2.75, 3.05) is 168 Å². The monoisotopic (exact) mass is 1910 g/mol. The molecular weight excluding hydrogens is 1820 g/mol. The average molecular weight is 1920 g/mol. The van der Waals surface area contributed by atoms with Crippen LogP contribution < -0.4 is 63.3 Å². The van der Waals surface area contributed by atoms with E-state index in [0.29, 0.717) is 82.4 Å². The number of rotatable bonds is 14. The Kier molecular flexibility index (Phi) is 27.2. The lowest BCUT2D eigenvalue weighted by Gasteiger charge is -2.37. The number of hydrogen-bond acceptors (Lipinski definition) is 35. The predicted octanol–water partition coefficient (Wildman–Crippen LogP) is 16.4. The molecule has 0 spiro atoms. The van der Waals surface area contributed by atoms with Crippen molar-refractivity contribution in [1.82, 2.24) is 75.2 Å². The van der Waals surface area contributed by atoms with Gasteiger partial charge in [-0.15, -0.1) is 56.7 Å². The number of thiazole rings is 5. The van der Waals surface area contributed by atoms with Gasteiger partial charge in [-0.05, 0) is 168 Å². The Balaban J connectivity index is 0.000000109. The summed E-state index contributed by atoms with van der Waals surface area (Å²) in [7, 11) is 0. The van der Waals surface area contributed by atoms with Gasteiger partial charge in [-0.3, -0.25) is 9.80 Å². The van der Waals surface area contributed by atoms with Crippen LogP contribution in [-0.2, 0) is 6.18 Å². The molecule has 5 fully saturated rings. The second kappa shape index (κ2) is 40.3. The maximum absolute atomic E-state index is 12.7. The third-order valence-electron chi connectivity index (χ3n) is 24.0. The van der Waals surface area contributed by atoms with Crippen LogP contribution in [0, 0.1) is 6.92 Å². The van der Waals surface area contributed by atoms with Gasteiger partial charge in [0, 0.05) is 180 Å². The summed E-state index contributed by atoms with van der Waals surface area (Å²) >= 11 is 6.69.